The van der Waals surface area contributed by atoms with Crippen LogP contribution >= 0.6 is 0 Å². The molecule has 0 aliphatic rings. The summed E-state index contributed by atoms with van der Waals surface area (Å²) >= 11 is 0. The Morgan fingerprint density at radius 1 is 1.29 bits per heavy atom. The van der Waals surface area contributed by atoms with Gasteiger partial charge in [-0.25, -0.2) is 0 Å². The number of nitrogens with one attached hydrogen (secondary N) is 2. The highest BCUT2D eigenvalue weighted by Gasteiger charge is 2.19. The zero-order valence-electron chi connectivity index (χ0n) is 16.4. The minimum absolute atomic E-state index is 0.163. The van der Waals surface area contributed by atoms with Crippen molar-refractivity contribution < 1.29 is 4.52 Å². The number of rotatable bonds is 9. The summed E-state index contributed by atoms with van der Waals surface area (Å²) in [6, 6.07) is 2.05. The van der Waals surface area contributed by atoms with Crippen molar-refractivity contribution in [2.45, 2.75) is 53.0 Å². The van der Waals surface area contributed by atoms with Crippen molar-refractivity contribution in [1.82, 2.24) is 20.7 Å². The molecule has 1 aromatic rings. The van der Waals surface area contributed by atoms with E-state index in [1.807, 2.05) is 6.07 Å². The maximum Gasteiger partial charge on any atom is 0.191 e. The van der Waals surface area contributed by atoms with Gasteiger partial charge in [0.2, 0.25) is 0 Å². The Morgan fingerprint density at radius 3 is 2.50 bits per heavy atom. The summed E-state index contributed by atoms with van der Waals surface area (Å²) in [5, 5.41) is 10.9. The highest BCUT2D eigenvalue weighted by molar-refractivity contribution is 5.79. The predicted molar refractivity (Wildman–Crippen MR) is 100 cm³/mol. The molecule has 0 saturated heterocycles. The van der Waals surface area contributed by atoms with E-state index in [1.54, 1.807) is 7.05 Å². The molecule has 0 bridgehead atoms. The summed E-state index contributed by atoms with van der Waals surface area (Å²) in [5.74, 6) is 2.10. The van der Waals surface area contributed by atoms with Gasteiger partial charge in [-0.2, -0.15) is 0 Å². The third-order valence-corrected chi connectivity index (χ3v) is 4.11. The molecule has 0 spiro atoms. The van der Waals surface area contributed by atoms with Gasteiger partial charge in [-0.1, -0.05) is 32.9 Å². The average molecular weight is 338 g/mol. The minimum Gasteiger partial charge on any atom is -0.359 e. The second kappa shape index (κ2) is 9.67. The van der Waals surface area contributed by atoms with E-state index in [0.29, 0.717) is 12.5 Å². The second-order valence-corrected chi connectivity index (χ2v) is 7.41. The average Bonchev–Trinajstić information content (AvgIpc) is 2.96. The Kier molecular flexibility index (Phi) is 8.25. The SMILES string of the molecule is CCC(CC)c1cc(CNC(=NC)NCC(C)(C)CN(C)C)on1. The third kappa shape index (κ3) is 6.91. The number of aliphatic imine (C=N–C) groups is 1. The van der Waals surface area contributed by atoms with E-state index in [-0.39, 0.29) is 5.41 Å². The van der Waals surface area contributed by atoms with E-state index in [9.17, 15) is 0 Å². The lowest BCUT2D eigenvalue weighted by atomic mass is 9.93. The first kappa shape index (κ1) is 20.5. The molecule has 1 heterocycles. The van der Waals surface area contributed by atoms with Crippen molar-refractivity contribution in [2.24, 2.45) is 10.4 Å². The van der Waals surface area contributed by atoms with Gasteiger partial charge >= 0.3 is 0 Å². The standard InChI is InChI=1S/C18H35N5O/c1-8-14(9-2)16-10-15(24-22-16)11-20-17(19-5)21-12-18(3,4)13-23(6)7/h10,14H,8-9,11-13H2,1-7H3,(H2,19,20,21). The van der Waals surface area contributed by atoms with Crippen LogP contribution < -0.4 is 10.6 Å². The van der Waals surface area contributed by atoms with Gasteiger partial charge in [0, 0.05) is 32.1 Å². The molecule has 24 heavy (non-hydrogen) atoms. The molecule has 0 radical (unpaired) electrons. The van der Waals surface area contributed by atoms with E-state index in [2.05, 4.69) is 67.5 Å². The largest absolute Gasteiger partial charge is 0.359 e. The zero-order valence-corrected chi connectivity index (χ0v) is 16.4. The Balaban J connectivity index is 2.50. The van der Waals surface area contributed by atoms with Gasteiger partial charge in [0.05, 0.1) is 12.2 Å². The molecule has 0 amide bonds. The third-order valence-electron chi connectivity index (χ3n) is 4.11. The van der Waals surface area contributed by atoms with Crippen LogP contribution in [0, 0.1) is 5.41 Å². The number of hydrogen-bond donors (Lipinski definition) is 2. The first-order chi connectivity index (χ1) is 11.3. The highest BCUT2D eigenvalue weighted by atomic mass is 16.5. The first-order valence-corrected chi connectivity index (χ1v) is 8.86. The van der Waals surface area contributed by atoms with Crippen LogP contribution in [0.2, 0.25) is 0 Å². The Morgan fingerprint density at radius 2 is 1.96 bits per heavy atom. The molecular weight excluding hydrogens is 302 g/mol. The molecule has 0 saturated carbocycles. The molecule has 2 N–H and O–H groups in total. The number of guanidine groups is 1. The van der Waals surface area contributed by atoms with Crippen molar-refractivity contribution in [3.05, 3.63) is 17.5 Å². The number of nitrogens with zero attached hydrogens (tertiary/aromatic N) is 3. The van der Waals surface area contributed by atoms with Gasteiger partial charge in [-0.05, 0) is 32.4 Å². The fourth-order valence-electron chi connectivity index (χ4n) is 2.94. The van der Waals surface area contributed by atoms with E-state index in [0.717, 1.165) is 43.3 Å². The minimum atomic E-state index is 0.163. The topological polar surface area (TPSA) is 65.7 Å². The monoisotopic (exact) mass is 337 g/mol. The molecule has 6 heteroatoms. The van der Waals surface area contributed by atoms with Crippen LogP contribution in [-0.4, -0.2) is 50.2 Å². The fraction of sp³-hybridized carbons (Fsp3) is 0.778. The maximum absolute atomic E-state index is 5.44. The molecule has 0 atom stereocenters. The van der Waals surface area contributed by atoms with Crippen LogP contribution in [0.1, 0.15) is 57.9 Å². The van der Waals surface area contributed by atoms with Crippen molar-refractivity contribution >= 4 is 5.96 Å². The Hall–Kier alpha value is -1.56. The predicted octanol–water partition coefficient (Wildman–Crippen LogP) is 2.83. The smallest absolute Gasteiger partial charge is 0.191 e. The molecule has 0 unspecified atom stereocenters. The molecule has 6 nitrogen and oxygen atoms in total. The molecule has 1 rings (SSSR count). The first-order valence-electron chi connectivity index (χ1n) is 8.86. The molecule has 0 aromatic carbocycles. The lowest BCUT2D eigenvalue weighted by molar-refractivity contribution is 0.241. The van der Waals surface area contributed by atoms with Crippen LogP contribution in [0.25, 0.3) is 0 Å². The normalized spacial score (nSPS) is 13.0. The zero-order chi connectivity index (χ0) is 18.2. The van der Waals surface area contributed by atoms with Crippen molar-refractivity contribution in [3.8, 4) is 0 Å². The van der Waals surface area contributed by atoms with E-state index in [1.165, 1.54) is 0 Å². The Bertz CT molecular complexity index is 503. The maximum atomic E-state index is 5.44. The van der Waals surface area contributed by atoms with Gasteiger partial charge in [-0.3, -0.25) is 4.99 Å². The van der Waals surface area contributed by atoms with E-state index < -0.39 is 0 Å². The lowest BCUT2D eigenvalue weighted by Gasteiger charge is -2.29. The van der Waals surface area contributed by atoms with Crippen LogP contribution in [0.4, 0.5) is 0 Å². The van der Waals surface area contributed by atoms with Crippen molar-refractivity contribution in [1.29, 1.82) is 0 Å². The second-order valence-electron chi connectivity index (χ2n) is 7.41. The quantitative estimate of drug-likeness (QED) is 0.536. The lowest BCUT2D eigenvalue weighted by Crippen LogP contribution is -2.44. The van der Waals surface area contributed by atoms with Gasteiger partial charge in [-0.15, -0.1) is 0 Å². The van der Waals surface area contributed by atoms with Gasteiger partial charge in [0.25, 0.3) is 0 Å². The van der Waals surface area contributed by atoms with E-state index >= 15 is 0 Å². The number of aromatic nitrogens is 1. The Labute approximate surface area is 147 Å². The summed E-state index contributed by atoms with van der Waals surface area (Å²) in [6.45, 7) is 11.3. The van der Waals surface area contributed by atoms with Gasteiger partial charge in [0.1, 0.15) is 0 Å². The molecule has 1 aromatic heterocycles. The molecule has 0 aliphatic heterocycles. The summed E-state index contributed by atoms with van der Waals surface area (Å²) in [4.78, 5) is 6.48. The van der Waals surface area contributed by atoms with Crippen LogP contribution in [0.3, 0.4) is 0 Å². The highest BCUT2D eigenvalue weighted by Crippen LogP contribution is 2.22. The van der Waals surface area contributed by atoms with Crippen molar-refractivity contribution in [3.63, 3.8) is 0 Å². The van der Waals surface area contributed by atoms with Crippen molar-refractivity contribution in [2.75, 3.05) is 34.2 Å². The van der Waals surface area contributed by atoms with Crippen LogP contribution in [0.5, 0.6) is 0 Å². The van der Waals surface area contributed by atoms with E-state index in [4.69, 9.17) is 4.52 Å². The summed E-state index contributed by atoms with van der Waals surface area (Å²) in [7, 11) is 5.97. The fourth-order valence-corrected chi connectivity index (χ4v) is 2.94. The summed E-state index contributed by atoms with van der Waals surface area (Å²) in [6.07, 6.45) is 2.17. The summed E-state index contributed by atoms with van der Waals surface area (Å²) in [5.41, 5.74) is 1.21. The van der Waals surface area contributed by atoms with Gasteiger partial charge < -0.3 is 20.1 Å². The molecule has 0 fully saturated rings. The molecule has 138 valence electrons. The molecule has 0 aliphatic carbocycles. The summed E-state index contributed by atoms with van der Waals surface area (Å²) < 4.78 is 5.44. The van der Waals surface area contributed by atoms with Gasteiger partial charge in [0.15, 0.2) is 11.7 Å². The van der Waals surface area contributed by atoms with Crippen LogP contribution in [-0.2, 0) is 6.54 Å². The molecular formula is C18H35N5O. The van der Waals surface area contributed by atoms with Crippen LogP contribution in [0.15, 0.2) is 15.6 Å². The number of hydrogen-bond acceptors (Lipinski definition) is 4.